The number of alkyl halides is 5. The lowest BCUT2D eigenvalue weighted by molar-refractivity contribution is -0.140. The van der Waals surface area contributed by atoms with E-state index in [-0.39, 0.29) is 6.10 Å². The van der Waals surface area contributed by atoms with Crippen molar-refractivity contribution in [1.29, 1.82) is 0 Å². The van der Waals surface area contributed by atoms with Gasteiger partial charge in [0.15, 0.2) is 0 Å². The quantitative estimate of drug-likeness (QED) is 0.726. The Hall–Kier alpha value is -0.920. The van der Waals surface area contributed by atoms with Crippen LogP contribution in [0.1, 0.15) is 26.7 Å². The maximum Gasteiger partial charge on any atom is 0.405 e. The van der Waals surface area contributed by atoms with Crippen LogP contribution in [0.3, 0.4) is 0 Å². The number of amides is 1. The normalized spacial score (nSPS) is 12.9. The molecule has 0 aromatic heterocycles. The van der Waals surface area contributed by atoms with Crippen molar-refractivity contribution in [3.8, 4) is 0 Å². The summed E-state index contributed by atoms with van der Waals surface area (Å²) < 4.78 is 66.0. The zero-order valence-corrected chi connectivity index (χ0v) is 10.1. The van der Waals surface area contributed by atoms with Gasteiger partial charge in [-0.2, -0.15) is 13.2 Å². The molecule has 0 aromatic carbocycles. The van der Waals surface area contributed by atoms with Crippen molar-refractivity contribution in [3.63, 3.8) is 0 Å². The number of hydrogen-bond donors (Lipinski definition) is 1. The van der Waals surface area contributed by atoms with E-state index >= 15 is 0 Å². The van der Waals surface area contributed by atoms with Crippen LogP contribution >= 0.6 is 0 Å². The number of nitrogens with one attached hydrogen (secondary N) is 1. The molecule has 18 heavy (non-hydrogen) atoms. The van der Waals surface area contributed by atoms with Crippen molar-refractivity contribution in [1.82, 2.24) is 5.32 Å². The fraction of sp³-hybridized carbons (Fsp3) is 0.900. The molecule has 3 nitrogen and oxygen atoms in total. The molecule has 0 heterocycles. The Labute approximate surface area is 102 Å². The first-order valence-corrected chi connectivity index (χ1v) is 5.35. The van der Waals surface area contributed by atoms with Gasteiger partial charge in [-0.3, -0.25) is 4.79 Å². The molecular formula is C10H16F5NO2. The first-order chi connectivity index (χ1) is 8.02. The fourth-order valence-electron chi connectivity index (χ4n) is 0.944. The summed E-state index contributed by atoms with van der Waals surface area (Å²) >= 11 is 0. The summed E-state index contributed by atoms with van der Waals surface area (Å²) in [7, 11) is 0. The summed E-state index contributed by atoms with van der Waals surface area (Å²) in [5.41, 5.74) is 0. The van der Waals surface area contributed by atoms with Crippen LogP contribution in [0.25, 0.3) is 0 Å². The Morgan fingerprint density at radius 1 is 1.22 bits per heavy atom. The van der Waals surface area contributed by atoms with E-state index in [2.05, 4.69) is 0 Å². The summed E-state index contributed by atoms with van der Waals surface area (Å²) in [5, 5.41) is 1.52. The molecule has 0 atom stereocenters. The molecule has 0 saturated heterocycles. The van der Waals surface area contributed by atoms with Crippen molar-refractivity contribution >= 4 is 5.91 Å². The van der Waals surface area contributed by atoms with E-state index in [0.29, 0.717) is 0 Å². The highest BCUT2D eigenvalue weighted by atomic mass is 19.4. The molecule has 0 bridgehead atoms. The third-order valence-electron chi connectivity index (χ3n) is 1.83. The average Bonchev–Trinajstić information content (AvgIpc) is 2.20. The number of hydrogen-bond acceptors (Lipinski definition) is 2. The Morgan fingerprint density at radius 3 is 2.22 bits per heavy atom. The van der Waals surface area contributed by atoms with E-state index in [0.717, 1.165) is 0 Å². The lowest BCUT2D eigenvalue weighted by Gasteiger charge is -2.18. The molecule has 0 spiro atoms. The molecule has 0 aliphatic heterocycles. The number of ether oxygens (including phenoxy) is 1. The second kappa shape index (κ2) is 6.86. The molecule has 1 N–H and O–H groups in total. The average molecular weight is 277 g/mol. The highest BCUT2D eigenvalue weighted by molar-refractivity contribution is 5.75. The van der Waals surface area contributed by atoms with Crippen LogP contribution < -0.4 is 5.32 Å². The minimum atomic E-state index is -4.54. The first-order valence-electron chi connectivity index (χ1n) is 5.35. The molecule has 8 heteroatoms. The number of carbonyl (C=O) groups excluding carboxylic acids is 1. The molecule has 0 rings (SSSR count). The predicted octanol–water partition coefficient (Wildman–Crippen LogP) is 2.51. The Balaban J connectivity index is 3.89. The van der Waals surface area contributed by atoms with Crippen LogP contribution in [-0.2, 0) is 9.53 Å². The van der Waals surface area contributed by atoms with Crippen LogP contribution in [-0.4, -0.2) is 37.3 Å². The SMILES string of the molecule is CC(C)OCC(F)(F)CCC(=O)NCC(F)(F)F. The van der Waals surface area contributed by atoms with Gasteiger partial charge in [0.1, 0.15) is 13.2 Å². The van der Waals surface area contributed by atoms with Crippen molar-refractivity contribution < 1.29 is 31.5 Å². The van der Waals surface area contributed by atoms with E-state index < -0.39 is 44.0 Å². The highest BCUT2D eigenvalue weighted by Gasteiger charge is 2.31. The molecule has 0 unspecified atom stereocenters. The topological polar surface area (TPSA) is 38.3 Å². The zero-order chi connectivity index (χ0) is 14.4. The second-order valence-electron chi connectivity index (χ2n) is 4.11. The van der Waals surface area contributed by atoms with Gasteiger partial charge in [0.05, 0.1) is 6.10 Å². The maximum atomic E-state index is 13.1. The van der Waals surface area contributed by atoms with Gasteiger partial charge in [-0.25, -0.2) is 8.78 Å². The van der Waals surface area contributed by atoms with Gasteiger partial charge in [0.25, 0.3) is 5.92 Å². The molecule has 0 radical (unpaired) electrons. The Kier molecular flexibility index (Phi) is 6.51. The molecule has 0 fully saturated rings. The molecule has 0 aliphatic rings. The molecule has 0 aromatic rings. The Bertz CT molecular complexity index is 265. The van der Waals surface area contributed by atoms with Gasteiger partial charge in [0.2, 0.25) is 5.91 Å². The van der Waals surface area contributed by atoms with Crippen LogP contribution in [0.5, 0.6) is 0 Å². The van der Waals surface area contributed by atoms with Gasteiger partial charge in [-0.05, 0) is 13.8 Å². The fourth-order valence-corrected chi connectivity index (χ4v) is 0.944. The van der Waals surface area contributed by atoms with Gasteiger partial charge in [-0.15, -0.1) is 0 Å². The van der Waals surface area contributed by atoms with Crippen LogP contribution in [0, 0.1) is 0 Å². The third kappa shape index (κ3) is 10.2. The summed E-state index contributed by atoms with van der Waals surface area (Å²) in [6.45, 7) is 0.787. The summed E-state index contributed by atoms with van der Waals surface area (Å²) in [6.07, 6.45) is -6.44. The van der Waals surface area contributed by atoms with Crippen molar-refractivity contribution in [2.24, 2.45) is 0 Å². The molecule has 0 saturated carbocycles. The van der Waals surface area contributed by atoms with Crippen molar-refractivity contribution in [3.05, 3.63) is 0 Å². The molecular weight excluding hydrogens is 261 g/mol. The zero-order valence-electron chi connectivity index (χ0n) is 10.1. The summed E-state index contributed by atoms with van der Waals surface area (Å²) in [6, 6.07) is 0. The smallest absolute Gasteiger partial charge is 0.373 e. The van der Waals surface area contributed by atoms with Gasteiger partial charge in [0, 0.05) is 12.8 Å². The maximum absolute atomic E-state index is 13.1. The number of halogens is 5. The van der Waals surface area contributed by atoms with Crippen LogP contribution in [0.15, 0.2) is 0 Å². The van der Waals surface area contributed by atoms with E-state index in [1.807, 2.05) is 0 Å². The third-order valence-corrected chi connectivity index (χ3v) is 1.83. The van der Waals surface area contributed by atoms with E-state index in [1.54, 1.807) is 13.8 Å². The van der Waals surface area contributed by atoms with Crippen LogP contribution in [0.2, 0.25) is 0 Å². The molecule has 0 aliphatic carbocycles. The summed E-state index contributed by atoms with van der Waals surface area (Å²) in [5.74, 6) is -4.28. The lowest BCUT2D eigenvalue weighted by atomic mass is 10.2. The lowest BCUT2D eigenvalue weighted by Crippen LogP contribution is -2.35. The summed E-state index contributed by atoms with van der Waals surface area (Å²) in [4.78, 5) is 10.9. The minimum absolute atomic E-state index is 0.380. The van der Waals surface area contributed by atoms with Crippen molar-refractivity contribution in [2.45, 2.75) is 44.9 Å². The van der Waals surface area contributed by atoms with Crippen LogP contribution in [0.4, 0.5) is 22.0 Å². The highest BCUT2D eigenvalue weighted by Crippen LogP contribution is 2.21. The molecule has 108 valence electrons. The predicted molar refractivity (Wildman–Crippen MR) is 54.3 cm³/mol. The largest absolute Gasteiger partial charge is 0.405 e. The number of carbonyl (C=O) groups is 1. The monoisotopic (exact) mass is 277 g/mol. The second-order valence-corrected chi connectivity index (χ2v) is 4.11. The Morgan fingerprint density at radius 2 is 1.78 bits per heavy atom. The van der Waals surface area contributed by atoms with Crippen molar-refractivity contribution in [2.75, 3.05) is 13.2 Å². The van der Waals surface area contributed by atoms with E-state index in [1.165, 1.54) is 5.32 Å². The molecule has 1 amide bonds. The number of rotatable bonds is 7. The van der Waals surface area contributed by atoms with Gasteiger partial charge in [-0.1, -0.05) is 0 Å². The standard InChI is InChI=1S/C10H16F5NO2/c1-7(2)18-6-9(11,12)4-3-8(17)16-5-10(13,14)15/h7H,3-6H2,1-2H3,(H,16,17). The van der Waals surface area contributed by atoms with E-state index in [4.69, 9.17) is 4.74 Å². The van der Waals surface area contributed by atoms with E-state index in [9.17, 15) is 26.7 Å². The van der Waals surface area contributed by atoms with Gasteiger partial charge < -0.3 is 10.1 Å². The first kappa shape index (κ1) is 17.1. The van der Waals surface area contributed by atoms with Gasteiger partial charge >= 0.3 is 6.18 Å². The minimum Gasteiger partial charge on any atom is -0.373 e.